The number of hydrogen-bond donors (Lipinski definition) is 1. The van der Waals surface area contributed by atoms with Crippen LogP contribution in [0.3, 0.4) is 0 Å². The first-order valence-corrected chi connectivity index (χ1v) is 9.60. The zero-order chi connectivity index (χ0) is 18.1. The van der Waals surface area contributed by atoms with Gasteiger partial charge in [-0.2, -0.15) is 4.31 Å². The minimum absolute atomic E-state index is 0.0745. The maximum atomic E-state index is 13.1. The molecule has 1 amide bonds. The summed E-state index contributed by atoms with van der Waals surface area (Å²) in [5.74, 6) is 0.333. The summed E-state index contributed by atoms with van der Waals surface area (Å²) in [5, 5.41) is 2.77. The molecule has 134 valence electrons. The Kier molecular flexibility index (Phi) is 5.55. The van der Waals surface area contributed by atoms with Gasteiger partial charge in [-0.15, -0.1) is 0 Å². The van der Waals surface area contributed by atoms with E-state index in [2.05, 4.69) is 5.32 Å². The number of rotatable bonds is 5. The molecule has 0 spiro atoms. The summed E-state index contributed by atoms with van der Waals surface area (Å²) in [4.78, 5) is 12.3. The van der Waals surface area contributed by atoms with Crippen LogP contribution in [0, 0.1) is 26.7 Å². The van der Waals surface area contributed by atoms with Crippen molar-refractivity contribution < 1.29 is 17.9 Å². The van der Waals surface area contributed by atoms with Gasteiger partial charge in [0.15, 0.2) is 0 Å². The van der Waals surface area contributed by atoms with Gasteiger partial charge >= 0.3 is 0 Å². The molecule has 1 heterocycles. The first kappa shape index (κ1) is 18.7. The Morgan fingerprint density at radius 2 is 2.00 bits per heavy atom. The third kappa shape index (κ3) is 3.28. The van der Waals surface area contributed by atoms with Crippen LogP contribution in [0.1, 0.15) is 30.0 Å². The van der Waals surface area contributed by atoms with Crippen LogP contribution < -0.4 is 10.1 Å². The second-order valence-corrected chi connectivity index (χ2v) is 8.09. The van der Waals surface area contributed by atoms with Gasteiger partial charge in [-0.3, -0.25) is 4.79 Å². The Morgan fingerprint density at radius 1 is 1.33 bits per heavy atom. The second kappa shape index (κ2) is 7.11. The Morgan fingerprint density at radius 3 is 2.58 bits per heavy atom. The number of nitrogens with one attached hydrogen (secondary N) is 1. The molecule has 1 unspecified atom stereocenters. The average molecular weight is 354 g/mol. The number of amides is 1. The van der Waals surface area contributed by atoms with Gasteiger partial charge in [0.25, 0.3) is 0 Å². The summed E-state index contributed by atoms with van der Waals surface area (Å²) in [6.45, 7) is 8.45. The molecule has 6 nitrogen and oxygen atoms in total. The molecule has 0 saturated carbocycles. The Hall–Kier alpha value is -1.60. The summed E-state index contributed by atoms with van der Waals surface area (Å²) in [7, 11) is -2.05. The number of hydrogen-bond acceptors (Lipinski definition) is 4. The molecule has 1 aromatic rings. The molecule has 0 aromatic heterocycles. The Labute approximate surface area is 144 Å². The maximum Gasteiger partial charge on any atom is 0.243 e. The first-order chi connectivity index (χ1) is 11.2. The van der Waals surface area contributed by atoms with Crippen molar-refractivity contribution in [1.29, 1.82) is 0 Å². The fourth-order valence-corrected chi connectivity index (χ4v) is 5.22. The van der Waals surface area contributed by atoms with E-state index in [-0.39, 0.29) is 18.4 Å². The highest BCUT2D eigenvalue weighted by Crippen LogP contribution is 2.34. The topological polar surface area (TPSA) is 75.7 Å². The van der Waals surface area contributed by atoms with Gasteiger partial charge in [-0.05, 0) is 56.9 Å². The fraction of sp³-hybridized carbons (Fsp3) is 0.588. The van der Waals surface area contributed by atoms with Gasteiger partial charge in [-0.25, -0.2) is 8.42 Å². The van der Waals surface area contributed by atoms with Crippen molar-refractivity contribution in [1.82, 2.24) is 9.62 Å². The molecule has 0 radical (unpaired) electrons. The monoisotopic (exact) mass is 354 g/mol. The lowest BCUT2D eigenvalue weighted by atomic mass is 10.1. The molecule has 1 aromatic carbocycles. The normalized spacial score (nSPS) is 18.6. The van der Waals surface area contributed by atoms with Crippen LogP contribution in [0.4, 0.5) is 0 Å². The van der Waals surface area contributed by atoms with E-state index >= 15 is 0 Å². The van der Waals surface area contributed by atoms with E-state index in [1.165, 1.54) is 4.31 Å². The quantitative estimate of drug-likeness (QED) is 0.874. The Balaban J connectivity index is 2.36. The molecule has 24 heavy (non-hydrogen) atoms. The smallest absolute Gasteiger partial charge is 0.243 e. The lowest BCUT2D eigenvalue weighted by Gasteiger charge is -2.21. The van der Waals surface area contributed by atoms with E-state index in [9.17, 15) is 13.2 Å². The molecule has 1 aliphatic heterocycles. The predicted molar refractivity (Wildman–Crippen MR) is 92.8 cm³/mol. The molecule has 7 heteroatoms. The molecule has 1 N–H and O–H groups in total. The van der Waals surface area contributed by atoms with E-state index in [4.69, 9.17) is 4.74 Å². The number of carbonyl (C=O) groups is 1. The minimum Gasteiger partial charge on any atom is -0.496 e. The lowest BCUT2D eigenvalue weighted by molar-refractivity contribution is -0.124. The molecule has 0 bridgehead atoms. The van der Waals surface area contributed by atoms with E-state index in [0.717, 1.165) is 5.56 Å². The van der Waals surface area contributed by atoms with Crippen LogP contribution in [-0.4, -0.2) is 45.4 Å². The minimum atomic E-state index is -3.63. The number of methoxy groups -OCH3 is 1. The zero-order valence-corrected chi connectivity index (χ0v) is 15.8. The highest BCUT2D eigenvalue weighted by Gasteiger charge is 2.37. The number of ether oxygens (including phenoxy) is 1. The summed E-state index contributed by atoms with van der Waals surface area (Å²) in [6.07, 6.45) is 0.554. The predicted octanol–water partition coefficient (Wildman–Crippen LogP) is 1.77. The van der Waals surface area contributed by atoms with Crippen molar-refractivity contribution in [3.05, 3.63) is 22.8 Å². The largest absolute Gasteiger partial charge is 0.496 e. The number of nitrogens with zero attached hydrogens (tertiary/aromatic N) is 1. The summed E-state index contributed by atoms with van der Waals surface area (Å²) < 4.78 is 33.0. The average Bonchev–Trinajstić information content (AvgIpc) is 3.02. The number of aryl methyl sites for hydroxylation is 1. The van der Waals surface area contributed by atoms with Crippen molar-refractivity contribution in [2.24, 2.45) is 5.92 Å². The number of carbonyl (C=O) groups excluding carboxylic acids is 1. The van der Waals surface area contributed by atoms with Crippen LogP contribution in [0.15, 0.2) is 11.0 Å². The van der Waals surface area contributed by atoms with Gasteiger partial charge in [-0.1, -0.05) is 0 Å². The molecular formula is C17H26N2O4S. The van der Waals surface area contributed by atoms with Gasteiger partial charge in [0.1, 0.15) is 5.75 Å². The third-order valence-corrected chi connectivity index (χ3v) is 6.82. The van der Waals surface area contributed by atoms with Crippen LogP contribution in [-0.2, 0) is 14.8 Å². The van der Waals surface area contributed by atoms with Crippen LogP contribution in [0.2, 0.25) is 0 Å². The number of sulfonamides is 1. The molecular weight excluding hydrogens is 328 g/mol. The molecule has 1 saturated heterocycles. The van der Waals surface area contributed by atoms with E-state index in [0.29, 0.717) is 41.3 Å². The first-order valence-electron chi connectivity index (χ1n) is 8.16. The molecule has 2 rings (SSSR count). The fourth-order valence-electron chi connectivity index (χ4n) is 3.24. The number of benzene rings is 1. The van der Waals surface area contributed by atoms with Crippen molar-refractivity contribution >= 4 is 15.9 Å². The summed E-state index contributed by atoms with van der Waals surface area (Å²) >= 11 is 0. The van der Waals surface area contributed by atoms with E-state index < -0.39 is 10.0 Å². The second-order valence-electron chi connectivity index (χ2n) is 6.22. The molecule has 1 atom stereocenters. The van der Waals surface area contributed by atoms with Crippen molar-refractivity contribution in [3.63, 3.8) is 0 Å². The van der Waals surface area contributed by atoms with Crippen molar-refractivity contribution in [2.75, 3.05) is 26.7 Å². The molecule has 1 aliphatic rings. The van der Waals surface area contributed by atoms with Gasteiger partial charge in [0, 0.05) is 19.6 Å². The van der Waals surface area contributed by atoms with E-state index in [1.54, 1.807) is 27.0 Å². The van der Waals surface area contributed by atoms with Gasteiger partial charge < -0.3 is 10.1 Å². The van der Waals surface area contributed by atoms with Crippen LogP contribution in [0.25, 0.3) is 0 Å². The Bertz CT molecular complexity index is 743. The zero-order valence-electron chi connectivity index (χ0n) is 15.0. The standard InChI is InChI=1S/C17H26N2O4S/c1-6-18-17(20)14-7-8-19(10-14)24(21,22)16-11(2)9-15(23-5)12(3)13(16)4/h9,14H,6-8,10H2,1-5H3,(H,18,20). The summed E-state index contributed by atoms with van der Waals surface area (Å²) in [5.41, 5.74) is 2.19. The highest BCUT2D eigenvalue weighted by molar-refractivity contribution is 7.89. The van der Waals surface area contributed by atoms with Crippen molar-refractivity contribution in [3.8, 4) is 5.75 Å². The lowest BCUT2D eigenvalue weighted by Crippen LogP contribution is -2.35. The third-order valence-electron chi connectivity index (χ3n) is 4.67. The van der Waals surface area contributed by atoms with Crippen LogP contribution >= 0.6 is 0 Å². The maximum absolute atomic E-state index is 13.1. The molecule has 1 fully saturated rings. The van der Waals surface area contributed by atoms with Crippen molar-refractivity contribution in [2.45, 2.75) is 39.0 Å². The van der Waals surface area contributed by atoms with Gasteiger partial charge in [0.05, 0.1) is 17.9 Å². The SMILES string of the molecule is CCNC(=O)C1CCN(S(=O)(=O)c2c(C)cc(OC)c(C)c2C)C1. The molecule has 0 aliphatic carbocycles. The summed E-state index contributed by atoms with van der Waals surface area (Å²) in [6, 6.07) is 1.76. The van der Waals surface area contributed by atoms with E-state index in [1.807, 2.05) is 13.8 Å². The van der Waals surface area contributed by atoms with Gasteiger partial charge in [0.2, 0.25) is 15.9 Å². The highest BCUT2D eigenvalue weighted by atomic mass is 32.2. The van der Waals surface area contributed by atoms with Crippen LogP contribution in [0.5, 0.6) is 5.75 Å².